The third kappa shape index (κ3) is 27.0. The average Bonchev–Trinajstić information content (AvgIpc) is 1.01. The Morgan fingerprint density at radius 3 is 1.07 bits per heavy atom. The molecule has 3 aliphatic carbocycles. The lowest BCUT2D eigenvalue weighted by Gasteiger charge is -2.39. The van der Waals surface area contributed by atoms with Crippen molar-refractivity contribution in [1.82, 2.24) is 44.8 Å². The number of aliphatic hydroxyl groups is 1. The number of benzene rings is 3. The van der Waals surface area contributed by atoms with Crippen LogP contribution in [0.1, 0.15) is 141 Å². The molecule has 30 nitrogen and oxygen atoms in total. The zero-order valence-electron chi connectivity index (χ0n) is 71.0. The van der Waals surface area contributed by atoms with Gasteiger partial charge in [0.25, 0.3) is 0 Å². The first kappa shape index (κ1) is 108. The number of ether oxygens (including phenoxy) is 8. The fourth-order valence-electron chi connectivity index (χ4n) is 16.0. The van der Waals surface area contributed by atoms with Gasteiger partial charge in [-0.05, 0) is 113 Å². The predicted octanol–water partition coefficient (Wildman–Crippen LogP) is 12.1. The molecule has 6 heterocycles. The number of carbonyl (C=O) groups is 5. The summed E-state index contributed by atoms with van der Waals surface area (Å²) in [6.45, 7) is 3.18. The van der Waals surface area contributed by atoms with Crippen LogP contribution >= 0.6 is 109 Å². The highest BCUT2D eigenvalue weighted by Gasteiger charge is 2.45. The van der Waals surface area contributed by atoms with E-state index in [0.717, 1.165) is 43.6 Å². The second kappa shape index (κ2) is 49.4. The Morgan fingerprint density at radius 2 is 0.781 bits per heavy atom. The van der Waals surface area contributed by atoms with Crippen LogP contribution in [-0.2, 0) is 81.9 Å². The molecule has 0 radical (unpaired) electrons. The number of hydrogen-bond donors (Lipinski definition) is 5. The average molecular weight is 2010 g/mol. The Hall–Kier alpha value is -7.35. The first-order valence-corrected chi connectivity index (χ1v) is 46.8. The number of nitrogens with zero attached hydrogens (tertiary/aromatic N) is 8. The zero-order valence-corrected chi connectivity index (χ0v) is 80.3. The number of aromatic nitrogens is 3. The third-order valence-corrected chi connectivity index (χ3v) is 27.7. The molecule has 3 fully saturated rings. The number of allylic oxidation sites excluding steroid dienone is 3. The van der Waals surface area contributed by atoms with Gasteiger partial charge in [-0.3, -0.25) is 24.6 Å². The summed E-state index contributed by atoms with van der Waals surface area (Å²) in [5, 5.41) is 28.9. The van der Waals surface area contributed by atoms with Crippen molar-refractivity contribution in [1.29, 1.82) is 0 Å². The molecule has 6 aromatic rings. The minimum absolute atomic E-state index is 0. The maximum atomic E-state index is 14.6. The number of nitrogens with one attached hydrogen (secondary N) is 4. The maximum Gasteiger partial charge on any atom is 0.338 e. The molecule has 5 N–H and O–H groups in total. The number of aliphatic hydroxyl groups excluding tert-OH is 1. The first-order valence-electron chi connectivity index (χ1n) is 39.3. The van der Waals surface area contributed by atoms with Crippen molar-refractivity contribution in [3.05, 3.63) is 187 Å². The summed E-state index contributed by atoms with van der Waals surface area (Å²) in [4.78, 5) is 89.6. The Kier molecular flexibility index (Phi) is 41.6. The summed E-state index contributed by atoms with van der Waals surface area (Å²) < 4.78 is 180. The van der Waals surface area contributed by atoms with Crippen molar-refractivity contribution >= 4 is 177 Å². The van der Waals surface area contributed by atoms with Gasteiger partial charge in [-0.2, -0.15) is 49.1 Å². The SMILES string of the molecule is COC[C@@H](O)CN(C1CCC(C2=C(C(=O)OC)C(c3ccc(F)c(F)c3Cl)N=C(c3nccs3)N2)CC1)S(C)(=O)=O.COC[C@H](CN(C1CCC(C2=C(C(=O)OC)C(c3ccc(F)c(F)c3Cl)N=C(c3nccs3)N2)CC1)S(C)(=O)=O)OC(C)=O.COC[C@H](CNC1CCC(C2=C(C(=O)OC)C(c3ccc(F)c(F)c3Cl)N=C(c3nccs3)N2)CC1)OC(C)=O.S.S.S. The fourth-order valence-corrected chi connectivity index (χ4v) is 20.9. The molecule has 12 rings (SSSR count). The van der Waals surface area contributed by atoms with Gasteiger partial charge in [0.2, 0.25) is 20.0 Å². The van der Waals surface area contributed by atoms with Crippen LogP contribution < -0.4 is 21.3 Å². The Balaban J connectivity index is 0.000000260. The van der Waals surface area contributed by atoms with Gasteiger partial charge >= 0.3 is 29.8 Å². The smallest absolute Gasteiger partial charge is 0.338 e. The normalized spacial score (nSPS) is 21.4. The molecule has 3 saturated carbocycles. The summed E-state index contributed by atoms with van der Waals surface area (Å²) in [5.41, 5.74) is 2.23. The van der Waals surface area contributed by atoms with Gasteiger partial charge in [0, 0.05) is 135 Å². The molecular weight excluding hydrogens is 1910 g/mol. The number of hydrogen-bond acceptors (Lipinski definition) is 31. The summed E-state index contributed by atoms with van der Waals surface area (Å²) >= 11 is 22.7. The molecule has 3 aliphatic heterocycles. The van der Waals surface area contributed by atoms with Gasteiger partial charge in [0.15, 0.2) is 67.4 Å². The van der Waals surface area contributed by atoms with Crippen LogP contribution in [-0.4, -0.2) is 224 Å². The van der Waals surface area contributed by atoms with Gasteiger partial charge in [0.05, 0.1) is 98.1 Å². The van der Waals surface area contributed by atoms with E-state index in [-0.39, 0.29) is 143 Å². The van der Waals surface area contributed by atoms with Crippen molar-refractivity contribution < 1.29 is 110 Å². The minimum atomic E-state index is -3.70. The van der Waals surface area contributed by atoms with E-state index >= 15 is 0 Å². The maximum absolute atomic E-state index is 14.6. The van der Waals surface area contributed by atoms with Crippen molar-refractivity contribution in [3.8, 4) is 0 Å². The van der Waals surface area contributed by atoms with Gasteiger partial charge in [0.1, 0.15) is 30.3 Å². The molecule has 3 aromatic heterocycles. The Labute approximate surface area is 785 Å². The van der Waals surface area contributed by atoms with Crippen LogP contribution in [0.25, 0.3) is 0 Å². The number of halogens is 9. The van der Waals surface area contributed by atoms with E-state index in [2.05, 4.69) is 51.2 Å². The number of esters is 5. The molecule has 47 heteroatoms. The molecule has 3 unspecified atom stereocenters. The first-order chi connectivity index (χ1) is 59.5. The number of sulfonamides is 2. The lowest BCUT2D eigenvalue weighted by Crippen LogP contribution is -2.48. The lowest BCUT2D eigenvalue weighted by atomic mass is 9.80. The number of carbonyl (C=O) groups excluding carboxylic acids is 5. The highest BCUT2D eigenvalue weighted by molar-refractivity contribution is 7.88. The molecule has 6 atom stereocenters. The summed E-state index contributed by atoms with van der Waals surface area (Å²) in [6.07, 6.45) is 11.4. The molecule has 6 aliphatic rings. The second-order valence-corrected chi connectivity index (χ2v) is 37.6. The summed E-state index contributed by atoms with van der Waals surface area (Å²) in [5.74, 6) is -9.68. The van der Waals surface area contributed by atoms with Gasteiger partial charge in [-0.15, -0.1) is 34.0 Å². The molecule has 128 heavy (non-hydrogen) atoms. The molecule has 0 bridgehead atoms. The number of amidine groups is 3. The van der Waals surface area contributed by atoms with Crippen LogP contribution in [0.3, 0.4) is 0 Å². The van der Waals surface area contributed by atoms with Crippen molar-refractivity contribution in [2.24, 2.45) is 32.7 Å². The monoisotopic (exact) mass is 2000 g/mol. The van der Waals surface area contributed by atoms with Crippen LogP contribution in [0.5, 0.6) is 0 Å². The van der Waals surface area contributed by atoms with E-state index < -0.39 is 136 Å². The number of methoxy groups -OCH3 is 6. The molecule has 0 saturated heterocycles. The lowest BCUT2D eigenvalue weighted by molar-refractivity contribution is -0.150. The zero-order chi connectivity index (χ0) is 90.9. The number of aliphatic imine (C=N–C) groups is 3. The van der Waals surface area contributed by atoms with E-state index in [0.29, 0.717) is 120 Å². The van der Waals surface area contributed by atoms with E-state index in [4.69, 9.17) is 72.7 Å². The summed E-state index contributed by atoms with van der Waals surface area (Å²) in [7, 11) is 0.747. The van der Waals surface area contributed by atoms with Crippen LogP contribution in [0.2, 0.25) is 15.1 Å². The molecule has 0 amide bonds. The second-order valence-electron chi connectivity index (χ2n) is 29.9. The van der Waals surface area contributed by atoms with E-state index in [9.17, 15) is 72.3 Å². The van der Waals surface area contributed by atoms with Crippen LogP contribution in [0, 0.1) is 52.7 Å². The van der Waals surface area contributed by atoms with Gasteiger partial charge < -0.3 is 64.3 Å². The molecule has 3 aromatic carbocycles. The Bertz CT molecular complexity index is 5280. The van der Waals surface area contributed by atoms with Crippen molar-refractivity contribution in [2.45, 2.75) is 145 Å². The van der Waals surface area contributed by atoms with Crippen LogP contribution in [0.15, 0.2) is 120 Å². The number of rotatable bonds is 31. The van der Waals surface area contributed by atoms with E-state index in [1.165, 1.54) is 110 Å². The van der Waals surface area contributed by atoms with Crippen molar-refractivity contribution in [2.75, 3.05) is 94.6 Å². The van der Waals surface area contributed by atoms with Crippen LogP contribution in [0.4, 0.5) is 26.3 Å². The Morgan fingerprint density at radius 1 is 0.477 bits per heavy atom. The van der Waals surface area contributed by atoms with Gasteiger partial charge in [-0.25, -0.2) is 72.5 Å². The molecule has 704 valence electrons. The molecular formula is C81H101Cl3F6N12O18S8. The fraction of sp³-hybridized carbons (Fsp3) is 0.494. The third-order valence-electron chi connectivity index (χ3n) is 21.6. The summed E-state index contributed by atoms with van der Waals surface area (Å²) in [6, 6.07) is 2.81. The topological polar surface area (TPSA) is 378 Å². The van der Waals surface area contributed by atoms with Gasteiger partial charge in [-0.1, -0.05) is 53.0 Å². The highest BCUT2D eigenvalue weighted by Crippen LogP contribution is 2.47. The number of thiazole rings is 3. The highest BCUT2D eigenvalue weighted by atomic mass is 35.5. The quantitative estimate of drug-likeness (QED) is 0.0117. The van der Waals surface area contributed by atoms with E-state index in [1.807, 2.05) is 0 Å². The van der Waals surface area contributed by atoms with Crippen molar-refractivity contribution in [3.63, 3.8) is 0 Å². The predicted molar refractivity (Wildman–Crippen MR) is 487 cm³/mol. The minimum Gasteiger partial charge on any atom is -0.466 e. The molecule has 0 spiro atoms. The van der Waals surface area contributed by atoms with E-state index in [1.54, 1.807) is 41.8 Å². The largest absolute Gasteiger partial charge is 0.466 e. The standard InChI is InChI=1S/C28H33ClF2N4O7S2.C27H31ClF2N4O5S.C26H31ClF2N4O6S2.3H2S/c1-15(36)42-18(14-40-2)13-35(44(4,38)39)17-7-5-16(6-8-17)24-21(28(37)41-3)25(19-9-10-20(30)23(31)22(19)29)34-26(33-24)27-32-11-12-43-27;1-14(35)39-17(13-37-2)12-32-16-6-4-15(5-7-16)23-20(27(36)38-3)24(18-8-9-19(29)22(30)21(18)28)34-25(33-23)26-31-10-11-40-26;1-38-13-16(34)12-33(41(3,36)37)15-6-4-14(5-7-15)22-19(26(35)39-2)23(17-8-9-18(28)21(29)20(17)27)32-24(31-22)25-30-10-11-40-25;;;/h9-12,16-18,25H,5-8,13-14H2,1-4H3,(H,33,34);8-11,15-17,24,32H,4-7,12-13H2,1-3H3,(H,33,34);8-11,14-16,23,34H,4-7,12-13H2,1-3H3,(H,31,32);3*1H2/t16?,17?,18-,25?;15?,16?,17-,24?;14?,15?,16-,23?;;;/m000.../s1.